The first kappa shape index (κ1) is 11.7. The Balaban J connectivity index is 3.36. The van der Waals surface area contributed by atoms with Crippen LogP contribution in [0.15, 0.2) is 12.1 Å². The van der Waals surface area contributed by atoms with E-state index in [-0.39, 0.29) is 11.7 Å². The van der Waals surface area contributed by atoms with Gasteiger partial charge in [-0.1, -0.05) is 13.8 Å². The third-order valence-electron chi connectivity index (χ3n) is 2.48. The fourth-order valence-electron chi connectivity index (χ4n) is 1.70. The molecule has 0 aliphatic rings. The molecule has 0 bridgehead atoms. The van der Waals surface area contributed by atoms with E-state index in [0.29, 0.717) is 18.4 Å². The SMILES string of the molecule is CCc1cc(F)cc(CC)c1C(=O)NC. The fraction of sp³-hybridized carbons (Fsp3) is 0.417. The Kier molecular flexibility index (Phi) is 3.83. The Morgan fingerprint density at radius 2 is 1.73 bits per heavy atom. The van der Waals surface area contributed by atoms with Crippen LogP contribution in [0.3, 0.4) is 0 Å². The number of carbonyl (C=O) groups excluding carboxylic acids is 1. The maximum Gasteiger partial charge on any atom is 0.251 e. The molecule has 3 heteroatoms. The highest BCUT2D eigenvalue weighted by atomic mass is 19.1. The molecular weight excluding hydrogens is 193 g/mol. The van der Waals surface area contributed by atoms with Gasteiger partial charge in [-0.25, -0.2) is 4.39 Å². The molecule has 1 N–H and O–H groups in total. The molecule has 0 heterocycles. The summed E-state index contributed by atoms with van der Waals surface area (Å²) < 4.78 is 13.2. The summed E-state index contributed by atoms with van der Waals surface area (Å²) in [6, 6.07) is 2.87. The highest BCUT2D eigenvalue weighted by Crippen LogP contribution is 2.18. The molecule has 0 saturated carbocycles. The lowest BCUT2D eigenvalue weighted by atomic mass is 9.96. The Bertz CT molecular complexity index is 349. The average Bonchev–Trinajstić information content (AvgIpc) is 2.26. The van der Waals surface area contributed by atoms with Gasteiger partial charge in [0.1, 0.15) is 5.82 Å². The molecule has 0 aliphatic carbocycles. The zero-order valence-corrected chi connectivity index (χ0v) is 9.36. The molecule has 82 valence electrons. The Labute approximate surface area is 89.5 Å². The molecule has 0 atom stereocenters. The van der Waals surface area contributed by atoms with E-state index >= 15 is 0 Å². The summed E-state index contributed by atoms with van der Waals surface area (Å²) in [6.45, 7) is 3.83. The van der Waals surface area contributed by atoms with Crippen molar-refractivity contribution >= 4 is 5.91 Å². The zero-order valence-electron chi connectivity index (χ0n) is 9.36. The van der Waals surface area contributed by atoms with Crippen molar-refractivity contribution in [2.75, 3.05) is 7.05 Å². The third-order valence-corrected chi connectivity index (χ3v) is 2.48. The van der Waals surface area contributed by atoms with Gasteiger partial charge in [0, 0.05) is 12.6 Å². The van der Waals surface area contributed by atoms with Crippen LogP contribution in [0.4, 0.5) is 4.39 Å². The molecule has 1 aromatic rings. The maximum absolute atomic E-state index is 13.2. The van der Waals surface area contributed by atoms with Crippen LogP contribution in [0.25, 0.3) is 0 Å². The Hall–Kier alpha value is -1.38. The second-order valence-corrected chi connectivity index (χ2v) is 3.39. The van der Waals surface area contributed by atoms with Gasteiger partial charge >= 0.3 is 0 Å². The molecule has 1 aromatic carbocycles. The van der Waals surface area contributed by atoms with Gasteiger partial charge in [0.2, 0.25) is 0 Å². The number of hydrogen-bond donors (Lipinski definition) is 1. The largest absolute Gasteiger partial charge is 0.355 e. The van der Waals surface area contributed by atoms with Crippen LogP contribution in [-0.4, -0.2) is 13.0 Å². The predicted octanol–water partition coefficient (Wildman–Crippen LogP) is 2.31. The minimum atomic E-state index is -0.267. The summed E-state index contributed by atoms with van der Waals surface area (Å²) >= 11 is 0. The first-order valence-corrected chi connectivity index (χ1v) is 5.17. The van der Waals surface area contributed by atoms with Crippen molar-refractivity contribution < 1.29 is 9.18 Å². The average molecular weight is 209 g/mol. The van der Waals surface area contributed by atoms with Crippen molar-refractivity contribution in [1.82, 2.24) is 5.32 Å². The summed E-state index contributed by atoms with van der Waals surface area (Å²) in [7, 11) is 1.59. The highest BCUT2D eigenvalue weighted by molar-refractivity contribution is 5.97. The van der Waals surface area contributed by atoms with Crippen molar-refractivity contribution in [3.05, 3.63) is 34.6 Å². The van der Waals surface area contributed by atoms with Crippen molar-refractivity contribution in [3.8, 4) is 0 Å². The van der Waals surface area contributed by atoms with Gasteiger partial charge in [-0.3, -0.25) is 4.79 Å². The standard InChI is InChI=1S/C12H16FNO/c1-4-8-6-10(13)7-9(5-2)11(8)12(15)14-3/h6-7H,4-5H2,1-3H3,(H,14,15). The number of rotatable bonds is 3. The van der Waals surface area contributed by atoms with Crippen molar-refractivity contribution in [2.45, 2.75) is 26.7 Å². The van der Waals surface area contributed by atoms with E-state index in [4.69, 9.17) is 0 Å². The van der Waals surface area contributed by atoms with E-state index in [2.05, 4.69) is 5.32 Å². The molecule has 0 fully saturated rings. The summed E-state index contributed by atoms with van der Waals surface area (Å²) in [5.41, 5.74) is 2.17. The van der Waals surface area contributed by atoms with E-state index in [9.17, 15) is 9.18 Å². The van der Waals surface area contributed by atoms with Gasteiger partial charge < -0.3 is 5.32 Å². The Morgan fingerprint density at radius 3 is 2.07 bits per heavy atom. The molecule has 0 unspecified atom stereocenters. The molecule has 0 saturated heterocycles. The van der Waals surface area contributed by atoms with Crippen LogP contribution in [0.2, 0.25) is 0 Å². The lowest BCUT2D eigenvalue weighted by Crippen LogP contribution is -2.21. The van der Waals surface area contributed by atoms with Crippen LogP contribution in [-0.2, 0) is 12.8 Å². The van der Waals surface area contributed by atoms with Gasteiger partial charge in [0.15, 0.2) is 0 Å². The molecule has 1 rings (SSSR count). The van der Waals surface area contributed by atoms with Crippen LogP contribution in [0.1, 0.15) is 35.3 Å². The molecule has 0 spiro atoms. The van der Waals surface area contributed by atoms with E-state index in [1.165, 1.54) is 12.1 Å². The van der Waals surface area contributed by atoms with Crippen LogP contribution >= 0.6 is 0 Å². The highest BCUT2D eigenvalue weighted by Gasteiger charge is 2.14. The first-order valence-electron chi connectivity index (χ1n) is 5.17. The number of aryl methyl sites for hydroxylation is 2. The topological polar surface area (TPSA) is 29.1 Å². The molecular formula is C12H16FNO. The number of nitrogens with one attached hydrogen (secondary N) is 1. The monoisotopic (exact) mass is 209 g/mol. The quantitative estimate of drug-likeness (QED) is 0.813. The first-order chi connectivity index (χ1) is 7.13. The second-order valence-electron chi connectivity index (χ2n) is 3.39. The van der Waals surface area contributed by atoms with Crippen molar-refractivity contribution in [2.24, 2.45) is 0 Å². The van der Waals surface area contributed by atoms with Crippen LogP contribution in [0.5, 0.6) is 0 Å². The van der Waals surface area contributed by atoms with Crippen molar-refractivity contribution in [3.63, 3.8) is 0 Å². The normalized spacial score (nSPS) is 10.1. The maximum atomic E-state index is 13.2. The molecule has 0 radical (unpaired) electrons. The zero-order chi connectivity index (χ0) is 11.4. The lowest BCUT2D eigenvalue weighted by Gasteiger charge is -2.11. The number of benzene rings is 1. The summed E-state index contributed by atoms with van der Waals surface area (Å²) in [4.78, 5) is 11.7. The van der Waals surface area contributed by atoms with Crippen LogP contribution in [0, 0.1) is 5.82 Å². The van der Waals surface area contributed by atoms with Gasteiger partial charge in [-0.15, -0.1) is 0 Å². The van der Waals surface area contributed by atoms with E-state index < -0.39 is 0 Å². The number of hydrogen-bond acceptors (Lipinski definition) is 1. The van der Waals surface area contributed by atoms with Gasteiger partial charge in [-0.05, 0) is 36.1 Å². The van der Waals surface area contributed by atoms with Crippen molar-refractivity contribution in [1.29, 1.82) is 0 Å². The third kappa shape index (κ3) is 2.35. The van der Waals surface area contributed by atoms with Gasteiger partial charge in [-0.2, -0.15) is 0 Å². The lowest BCUT2D eigenvalue weighted by molar-refractivity contribution is 0.0961. The minimum Gasteiger partial charge on any atom is -0.355 e. The number of amides is 1. The van der Waals surface area contributed by atoms with Gasteiger partial charge in [0.05, 0.1) is 0 Å². The number of carbonyl (C=O) groups is 1. The minimum absolute atomic E-state index is 0.135. The smallest absolute Gasteiger partial charge is 0.251 e. The van der Waals surface area contributed by atoms with Gasteiger partial charge in [0.25, 0.3) is 5.91 Å². The molecule has 15 heavy (non-hydrogen) atoms. The molecule has 1 amide bonds. The van der Waals surface area contributed by atoms with Crippen LogP contribution < -0.4 is 5.32 Å². The van der Waals surface area contributed by atoms with E-state index in [1.807, 2.05) is 13.8 Å². The summed E-state index contributed by atoms with van der Waals surface area (Å²) in [5, 5.41) is 2.59. The second kappa shape index (κ2) is 4.91. The molecule has 0 aliphatic heterocycles. The van der Waals surface area contributed by atoms with E-state index in [1.54, 1.807) is 7.05 Å². The summed E-state index contributed by atoms with van der Waals surface area (Å²) in [6.07, 6.45) is 1.32. The Morgan fingerprint density at radius 1 is 1.27 bits per heavy atom. The summed E-state index contributed by atoms with van der Waals surface area (Å²) in [5.74, 6) is -0.403. The predicted molar refractivity (Wildman–Crippen MR) is 58.5 cm³/mol. The fourth-order valence-corrected chi connectivity index (χ4v) is 1.70. The molecule has 2 nitrogen and oxygen atoms in total. The number of halogens is 1. The van der Waals surface area contributed by atoms with E-state index in [0.717, 1.165) is 11.1 Å². The molecule has 0 aromatic heterocycles.